The molecular weight excluding hydrogens is 248 g/mol. The number of hydrogen-bond acceptors (Lipinski definition) is 3. The molecule has 18 heavy (non-hydrogen) atoms. The van der Waals surface area contributed by atoms with E-state index in [-0.39, 0.29) is 6.04 Å². The van der Waals surface area contributed by atoms with Gasteiger partial charge in [0.25, 0.3) is 0 Å². The van der Waals surface area contributed by atoms with E-state index in [0.29, 0.717) is 0 Å². The van der Waals surface area contributed by atoms with Crippen LogP contribution in [0.4, 0.5) is 0 Å². The van der Waals surface area contributed by atoms with Gasteiger partial charge in [-0.3, -0.25) is 16.0 Å². The predicted molar refractivity (Wildman–Crippen MR) is 76.6 cm³/mol. The number of nitrogens with two attached hydrogens (primary N) is 1. The molecule has 0 bridgehead atoms. The fourth-order valence-corrected chi connectivity index (χ4v) is 2.39. The van der Waals surface area contributed by atoms with Gasteiger partial charge in [0.1, 0.15) is 0 Å². The molecule has 0 saturated heterocycles. The third-order valence-electron chi connectivity index (χ3n) is 3.28. The maximum absolute atomic E-state index is 6.30. The van der Waals surface area contributed by atoms with Gasteiger partial charge in [0, 0.05) is 19.0 Å². The van der Waals surface area contributed by atoms with E-state index >= 15 is 0 Å². The Kier molecular flexibility index (Phi) is 6.68. The topological polar surface area (TPSA) is 55.9 Å². The summed E-state index contributed by atoms with van der Waals surface area (Å²) in [6, 6.07) is 0.274. The molecule has 4 nitrogen and oxygen atoms in total. The van der Waals surface area contributed by atoms with Crippen LogP contribution in [-0.4, -0.2) is 15.8 Å². The van der Waals surface area contributed by atoms with E-state index in [0.717, 1.165) is 35.8 Å². The van der Waals surface area contributed by atoms with Gasteiger partial charge in [-0.25, -0.2) is 0 Å². The van der Waals surface area contributed by atoms with Crippen molar-refractivity contribution < 1.29 is 0 Å². The molecule has 0 amide bonds. The molecule has 1 aromatic heterocycles. The van der Waals surface area contributed by atoms with Crippen molar-refractivity contribution in [1.29, 1.82) is 0 Å². The van der Waals surface area contributed by atoms with Gasteiger partial charge >= 0.3 is 0 Å². The van der Waals surface area contributed by atoms with Crippen LogP contribution in [0.5, 0.6) is 0 Å². The highest BCUT2D eigenvalue weighted by Crippen LogP contribution is 2.22. The van der Waals surface area contributed by atoms with Crippen molar-refractivity contribution in [2.24, 2.45) is 5.84 Å². The molecule has 0 aliphatic rings. The van der Waals surface area contributed by atoms with Crippen molar-refractivity contribution in [2.45, 2.75) is 65.5 Å². The summed E-state index contributed by atoms with van der Waals surface area (Å²) in [5, 5.41) is 5.21. The Hall–Kier alpha value is -0.580. The molecule has 1 unspecified atom stereocenters. The van der Waals surface area contributed by atoms with Crippen LogP contribution in [0, 0.1) is 6.92 Å². The Bertz CT molecular complexity index is 362. The number of hydrogen-bond donors (Lipinski definition) is 2. The number of unbranched alkanes of at least 4 members (excludes halogenated alkanes) is 2. The summed E-state index contributed by atoms with van der Waals surface area (Å²) in [5.41, 5.74) is 4.89. The van der Waals surface area contributed by atoms with Crippen molar-refractivity contribution in [3.8, 4) is 0 Å². The fraction of sp³-hybridized carbons (Fsp3) is 0.769. The molecule has 0 aromatic carbocycles. The second-order valence-corrected chi connectivity index (χ2v) is 5.10. The number of hydrazine groups is 1. The minimum Gasteiger partial charge on any atom is -0.271 e. The minimum absolute atomic E-state index is 0.274. The second kappa shape index (κ2) is 7.77. The lowest BCUT2D eigenvalue weighted by atomic mass is 10.0. The number of nitrogens with zero attached hydrogens (tertiary/aromatic N) is 2. The Morgan fingerprint density at radius 3 is 2.67 bits per heavy atom. The largest absolute Gasteiger partial charge is 0.271 e. The Labute approximate surface area is 115 Å². The maximum atomic E-state index is 6.30. The monoisotopic (exact) mass is 272 g/mol. The van der Waals surface area contributed by atoms with Crippen LogP contribution in [-0.2, 0) is 13.0 Å². The van der Waals surface area contributed by atoms with Crippen LogP contribution < -0.4 is 11.3 Å². The first-order valence-corrected chi connectivity index (χ1v) is 7.19. The zero-order valence-electron chi connectivity index (χ0n) is 11.7. The summed E-state index contributed by atoms with van der Waals surface area (Å²) >= 11 is 6.30. The van der Waals surface area contributed by atoms with Gasteiger partial charge in [-0.2, -0.15) is 5.10 Å². The van der Waals surface area contributed by atoms with E-state index in [1.165, 1.54) is 19.3 Å². The average molecular weight is 273 g/mol. The average Bonchev–Trinajstić information content (AvgIpc) is 2.65. The van der Waals surface area contributed by atoms with Gasteiger partial charge in [0.15, 0.2) is 0 Å². The predicted octanol–water partition coefficient (Wildman–Crippen LogP) is 2.82. The number of aryl methyl sites for hydroxylation is 2. The van der Waals surface area contributed by atoms with Crippen LogP contribution in [0.3, 0.4) is 0 Å². The fourth-order valence-electron chi connectivity index (χ4n) is 2.18. The van der Waals surface area contributed by atoms with Crippen molar-refractivity contribution in [2.75, 3.05) is 0 Å². The van der Waals surface area contributed by atoms with E-state index in [9.17, 15) is 0 Å². The van der Waals surface area contributed by atoms with E-state index < -0.39 is 0 Å². The van der Waals surface area contributed by atoms with E-state index in [4.69, 9.17) is 17.4 Å². The molecule has 0 spiro atoms. The molecular formula is C13H25ClN4. The third-order valence-corrected chi connectivity index (χ3v) is 3.78. The SMILES string of the molecule is CCCCCC(Cc1c(Cl)c(C)nn1CC)NN. The molecule has 1 rings (SSSR count). The second-order valence-electron chi connectivity index (χ2n) is 4.73. The minimum atomic E-state index is 0.274. The first kappa shape index (κ1) is 15.5. The first-order valence-electron chi connectivity index (χ1n) is 6.81. The summed E-state index contributed by atoms with van der Waals surface area (Å²) in [6.07, 6.45) is 5.59. The lowest BCUT2D eigenvalue weighted by Gasteiger charge is -2.16. The van der Waals surface area contributed by atoms with Crippen molar-refractivity contribution in [3.05, 3.63) is 16.4 Å². The van der Waals surface area contributed by atoms with Gasteiger partial charge in [-0.15, -0.1) is 0 Å². The molecule has 1 heterocycles. The molecule has 5 heteroatoms. The summed E-state index contributed by atoms with van der Waals surface area (Å²) < 4.78 is 1.97. The van der Waals surface area contributed by atoms with Crippen molar-refractivity contribution in [3.63, 3.8) is 0 Å². The van der Waals surface area contributed by atoms with E-state index in [2.05, 4.69) is 24.4 Å². The van der Waals surface area contributed by atoms with E-state index in [1.54, 1.807) is 0 Å². The Morgan fingerprint density at radius 2 is 2.11 bits per heavy atom. The van der Waals surface area contributed by atoms with Crippen molar-refractivity contribution >= 4 is 11.6 Å². The van der Waals surface area contributed by atoms with E-state index in [1.807, 2.05) is 11.6 Å². The Balaban J connectivity index is 2.68. The van der Waals surface area contributed by atoms with Gasteiger partial charge in [0.2, 0.25) is 0 Å². The van der Waals surface area contributed by atoms with Crippen LogP contribution in [0.1, 0.15) is 50.9 Å². The molecule has 0 aliphatic carbocycles. The standard InChI is InChI=1S/C13H25ClN4/c1-4-6-7-8-11(16-15)9-12-13(14)10(3)17-18(12)5-2/h11,16H,4-9,15H2,1-3H3. The first-order chi connectivity index (χ1) is 8.63. The third kappa shape index (κ3) is 3.97. The zero-order chi connectivity index (χ0) is 13.5. The highest BCUT2D eigenvalue weighted by Gasteiger charge is 2.16. The molecule has 104 valence electrons. The van der Waals surface area contributed by atoms with Crippen molar-refractivity contribution in [1.82, 2.24) is 15.2 Å². The molecule has 0 saturated carbocycles. The zero-order valence-corrected chi connectivity index (χ0v) is 12.4. The Morgan fingerprint density at radius 1 is 1.39 bits per heavy atom. The number of aromatic nitrogens is 2. The number of halogens is 1. The molecule has 1 aromatic rings. The van der Waals surface area contributed by atoms with Gasteiger partial charge in [-0.1, -0.05) is 37.8 Å². The maximum Gasteiger partial charge on any atom is 0.0847 e. The number of rotatable bonds is 8. The molecule has 1 atom stereocenters. The van der Waals surface area contributed by atoms with Crippen LogP contribution in [0.15, 0.2) is 0 Å². The lowest BCUT2D eigenvalue weighted by Crippen LogP contribution is -2.37. The summed E-state index contributed by atoms with van der Waals surface area (Å²) in [7, 11) is 0. The van der Waals surface area contributed by atoms with Gasteiger partial charge < -0.3 is 0 Å². The normalized spacial score (nSPS) is 12.9. The molecule has 3 N–H and O–H groups in total. The summed E-state index contributed by atoms with van der Waals surface area (Å²) in [4.78, 5) is 0. The molecule has 0 radical (unpaired) electrons. The molecule has 0 fully saturated rings. The van der Waals surface area contributed by atoms with Gasteiger partial charge in [-0.05, 0) is 20.3 Å². The van der Waals surface area contributed by atoms with Crippen LogP contribution in [0.2, 0.25) is 5.02 Å². The lowest BCUT2D eigenvalue weighted by molar-refractivity contribution is 0.451. The quantitative estimate of drug-likeness (QED) is 0.435. The summed E-state index contributed by atoms with van der Waals surface area (Å²) in [5.74, 6) is 5.63. The smallest absolute Gasteiger partial charge is 0.0847 e. The van der Waals surface area contributed by atoms with Crippen LogP contribution in [0.25, 0.3) is 0 Å². The molecule has 0 aliphatic heterocycles. The highest BCUT2D eigenvalue weighted by molar-refractivity contribution is 6.31. The number of nitrogens with one attached hydrogen (secondary N) is 1. The van der Waals surface area contributed by atoms with Crippen LogP contribution >= 0.6 is 11.6 Å². The van der Waals surface area contributed by atoms with Gasteiger partial charge in [0.05, 0.1) is 16.4 Å². The highest BCUT2D eigenvalue weighted by atomic mass is 35.5. The summed E-state index contributed by atoms with van der Waals surface area (Å²) in [6.45, 7) is 7.07.